The van der Waals surface area contributed by atoms with Crippen LogP contribution in [-0.2, 0) is 9.47 Å². The van der Waals surface area contributed by atoms with E-state index in [0.717, 1.165) is 49.9 Å². The maximum absolute atomic E-state index is 9.56. The molecule has 0 radical (unpaired) electrons. The lowest BCUT2D eigenvalue weighted by Gasteiger charge is -2.58. The van der Waals surface area contributed by atoms with Gasteiger partial charge in [-0.05, 0) is 55.3 Å². The predicted molar refractivity (Wildman–Crippen MR) is 95.4 cm³/mol. The number of nitrogens with zero attached hydrogens (tertiary/aromatic N) is 1. The van der Waals surface area contributed by atoms with Crippen molar-refractivity contribution in [3.8, 4) is 6.07 Å². The van der Waals surface area contributed by atoms with Gasteiger partial charge in [0.15, 0.2) is 5.79 Å². The van der Waals surface area contributed by atoms with Gasteiger partial charge >= 0.3 is 0 Å². The summed E-state index contributed by atoms with van der Waals surface area (Å²) in [6, 6.07) is 2.51. The minimum Gasteiger partial charge on any atom is -0.347 e. The molecule has 5 atom stereocenters. The van der Waals surface area contributed by atoms with Gasteiger partial charge in [-0.15, -0.1) is 0 Å². The van der Waals surface area contributed by atoms with Crippen molar-refractivity contribution >= 4 is 0 Å². The van der Waals surface area contributed by atoms with Crippen LogP contribution in [0.15, 0.2) is 23.3 Å². The number of allylic oxidation sites excluding steroid dienone is 3. The van der Waals surface area contributed by atoms with Crippen LogP contribution in [0.3, 0.4) is 0 Å². The fourth-order valence-corrected chi connectivity index (χ4v) is 7.09. The predicted octanol–water partition coefficient (Wildman–Crippen LogP) is 4.75. The number of hydrogen-bond donors (Lipinski definition) is 0. The van der Waals surface area contributed by atoms with Gasteiger partial charge in [0.1, 0.15) is 0 Å². The molecule has 5 aliphatic rings. The van der Waals surface area contributed by atoms with Gasteiger partial charge in [-0.3, -0.25) is 0 Å². The summed E-state index contributed by atoms with van der Waals surface area (Å²) >= 11 is 0. The second-order valence-corrected chi connectivity index (χ2v) is 9.47. The molecule has 1 aliphatic heterocycles. The Hall–Kier alpha value is -1.11. The Balaban J connectivity index is 1.46. The van der Waals surface area contributed by atoms with Crippen LogP contribution < -0.4 is 0 Å². The molecule has 2 saturated carbocycles. The molecule has 0 aromatic heterocycles. The van der Waals surface area contributed by atoms with Gasteiger partial charge in [-0.25, -0.2) is 0 Å². The van der Waals surface area contributed by atoms with E-state index in [-0.39, 0.29) is 11.2 Å². The normalized spacial score (nSPS) is 47.3. The lowest BCUT2D eigenvalue weighted by Crippen LogP contribution is -2.52. The molecule has 1 spiro atoms. The molecule has 0 bridgehead atoms. The third-order valence-corrected chi connectivity index (χ3v) is 8.63. The molecule has 3 heteroatoms. The van der Waals surface area contributed by atoms with Crippen molar-refractivity contribution in [2.45, 2.75) is 64.6 Å². The average molecular weight is 339 g/mol. The Morgan fingerprint density at radius 2 is 1.80 bits per heavy atom. The summed E-state index contributed by atoms with van der Waals surface area (Å²) in [5.41, 5.74) is 3.09. The van der Waals surface area contributed by atoms with E-state index in [0.29, 0.717) is 11.3 Å². The van der Waals surface area contributed by atoms with Crippen LogP contribution in [0, 0.1) is 39.9 Å². The van der Waals surface area contributed by atoms with Crippen LogP contribution in [-0.4, -0.2) is 19.0 Å². The molecule has 0 N–H and O–H groups in total. The monoisotopic (exact) mass is 339 g/mol. The number of fused-ring (bicyclic) bond motifs is 5. The Labute approximate surface area is 151 Å². The summed E-state index contributed by atoms with van der Waals surface area (Å²) in [6.45, 7) is 6.36. The molecule has 3 nitrogen and oxygen atoms in total. The van der Waals surface area contributed by atoms with Crippen LogP contribution in [0.1, 0.15) is 58.8 Å². The molecule has 4 aliphatic carbocycles. The van der Waals surface area contributed by atoms with Gasteiger partial charge in [-0.2, -0.15) is 5.26 Å². The number of nitriles is 1. The van der Waals surface area contributed by atoms with E-state index in [1.165, 1.54) is 25.7 Å². The lowest BCUT2D eigenvalue weighted by molar-refractivity contribution is -0.184. The van der Waals surface area contributed by atoms with E-state index in [1.54, 1.807) is 5.57 Å². The highest BCUT2D eigenvalue weighted by atomic mass is 16.7. The molecular formula is C22H29NO2. The fourth-order valence-electron chi connectivity index (χ4n) is 7.09. The smallest absolute Gasteiger partial charge is 0.172 e. The van der Waals surface area contributed by atoms with Crippen molar-refractivity contribution in [2.75, 3.05) is 13.2 Å². The summed E-state index contributed by atoms with van der Waals surface area (Å²) in [5.74, 6) is 1.83. The molecule has 0 amide bonds. The van der Waals surface area contributed by atoms with Crippen molar-refractivity contribution < 1.29 is 9.47 Å². The van der Waals surface area contributed by atoms with E-state index in [1.807, 2.05) is 0 Å². The van der Waals surface area contributed by atoms with Gasteiger partial charge in [0, 0.05) is 23.8 Å². The van der Waals surface area contributed by atoms with Crippen LogP contribution >= 0.6 is 0 Å². The van der Waals surface area contributed by atoms with Gasteiger partial charge in [-0.1, -0.05) is 31.6 Å². The van der Waals surface area contributed by atoms with Crippen molar-refractivity contribution in [1.29, 1.82) is 5.26 Å². The van der Waals surface area contributed by atoms with Crippen molar-refractivity contribution in [3.63, 3.8) is 0 Å². The number of ether oxygens (including phenoxy) is 2. The highest BCUT2D eigenvalue weighted by Gasteiger charge is 2.58. The van der Waals surface area contributed by atoms with Gasteiger partial charge < -0.3 is 9.47 Å². The average Bonchev–Trinajstić information content (AvgIpc) is 3.19. The first-order chi connectivity index (χ1) is 12.0. The maximum atomic E-state index is 9.56. The fraction of sp³-hybridized carbons (Fsp3) is 0.773. The molecule has 1 heterocycles. The van der Waals surface area contributed by atoms with Crippen molar-refractivity contribution in [3.05, 3.63) is 23.3 Å². The quantitative estimate of drug-likeness (QED) is 0.598. The topological polar surface area (TPSA) is 42.2 Å². The van der Waals surface area contributed by atoms with Crippen LogP contribution in [0.25, 0.3) is 0 Å². The molecular weight excluding hydrogens is 310 g/mol. The van der Waals surface area contributed by atoms with E-state index in [2.05, 4.69) is 32.1 Å². The minimum absolute atomic E-state index is 0.130. The summed E-state index contributed by atoms with van der Waals surface area (Å²) in [5, 5.41) is 9.56. The van der Waals surface area contributed by atoms with E-state index >= 15 is 0 Å². The standard InChI is InChI=1S/C22H29NO2/c1-20-8-7-19-17(18(20)6-4-16(20)14-23)5-3-15-13-22(24-11-12-25-22)10-9-21(15,19)2/h3-4,17-19H,5-13H2,1-2H3/t17?,18?,19?,20-,21+/m1/s1. The third kappa shape index (κ3) is 2.04. The zero-order valence-electron chi connectivity index (χ0n) is 15.5. The first-order valence-electron chi connectivity index (χ1n) is 10.1. The molecule has 1 saturated heterocycles. The third-order valence-electron chi connectivity index (χ3n) is 8.63. The first-order valence-corrected chi connectivity index (χ1v) is 10.1. The second-order valence-electron chi connectivity index (χ2n) is 9.47. The molecule has 3 unspecified atom stereocenters. The van der Waals surface area contributed by atoms with Crippen LogP contribution in [0.5, 0.6) is 0 Å². The minimum atomic E-state index is -0.315. The van der Waals surface area contributed by atoms with Crippen molar-refractivity contribution in [2.24, 2.45) is 28.6 Å². The highest BCUT2D eigenvalue weighted by Crippen LogP contribution is 2.65. The lowest BCUT2D eigenvalue weighted by atomic mass is 9.47. The molecule has 0 aromatic rings. The Bertz CT molecular complexity index is 695. The summed E-state index contributed by atoms with van der Waals surface area (Å²) in [6.07, 6.45) is 12.7. The van der Waals surface area contributed by atoms with E-state index in [9.17, 15) is 5.26 Å². The number of hydrogen-bond acceptors (Lipinski definition) is 3. The Morgan fingerprint density at radius 3 is 2.56 bits per heavy atom. The van der Waals surface area contributed by atoms with E-state index in [4.69, 9.17) is 9.47 Å². The van der Waals surface area contributed by atoms with E-state index < -0.39 is 0 Å². The summed E-state index contributed by atoms with van der Waals surface area (Å²) in [7, 11) is 0. The maximum Gasteiger partial charge on any atom is 0.172 e. The number of rotatable bonds is 0. The van der Waals surface area contributed by atoms with Gasteiger partial charge in [0.05, 0.1) is 19.3 Å². The first kappa shape index (κ1) is 16.1. The molecule has 134 valence electrons. The molecule has 0 aromatic carbocycles. The summed E-state index contributed by atoms with van der Waals surface area (Å²) in [4.78, 5) is 0. The Kier molecular flexibility index (Phi) is 3.35. The second kappa shape index (κ2) is 5.21. The molecule has 5 rings (SSSR count). The zero-order chi connectivity index (χ0) is 17.3. The molecule has 3 fully saturated rings. The van der Waals surface area contributed by atoms with Gasteiger partial charge in [0.25, 0.3) is 0 Å². The van der Waals surface area contributed by atoms with Crippen LogP contribution in [0.4, 0.5) is 0 Å². The summed E-state index contributed by atoms with van der Waals surface area (Å²) < 4.78 is 12.0. The zero-order valence-corrected chi connectivity index (χ0v) is 15.5. The van der Waals surface area contributed by atoms with Gasteiger partial charge in [0.2, 0.25) is 0 Å². The van der Waals surface area contributed by atoms with Crippen LogP contribution in [0.2, 0.25) is 0 Å². The van der Waals surface area contributed by atoms with Crippen molar-refractivity contribution in [1.82, 2.24) is 0 Å². The SMILES string of the molecule is C[C@]12CCC3(CC1=CCC1C2CC[C@]2(C)C(C#N)=CCC12)OCCO3. The largest absolute Gasteiger partial charge is 0.347 e. The highest BCUT2D eigenvalue weighted by molar-refractivity contribution is 5.37. The molecule has 25 heavy (non-hydrogen) atoms. The Morgan fingerprint density at radius 1 is 1.00 bits per heavy atom.